The van der Waals surface area contributed by atoms with Gasteiger partial charge in [0.2, 0.25) is 0 Å². The molecule has 1 heterocycles. The van der Waals surface area contributed by atoms with Crippen LogP contribution in [0.3, 0.4) is 0 Å². The van der Waals surface area contributed by atoms with Crippen LogP contribution in [0.5, 0.6) is 0 Å². The molecule has 2 N–H and O–H groups in total. The normalized spacial score (nSPS) is 17.2. The van der Waals surface area contributed by atoms with E-state index in [0.717, 1.165) is 6.54 Å². The monoisotopic (exact) mass is 223 g/mol. The molecule has 1 saturated carbocycles. The summed E-state index contributed by atoms with van der Waals surface area (Å²) in [6.45, 7) is 4.73. The molecule has 0 aromatic carbocycles. The van der Waals surface area contributed by atoms with Crippen molar-refractivity contribution in [2.75, 3.05) is 11.9 Å². The van der Waals surface area contributed by atoms with Gasteiger partial charge in [0, 0.05) is 13.6 Å². The van der Waals surface area contributed by atoms with E-state index in [1.807, 2.05) is 0 Å². The first-order chi connectivity index (χ1) is 7.43. The SMILES string of the molecule is Cc1nn(C)c(NCC2(C)CC2)c1C(=O)O. The standard InChI is InChI=1S/C11H17N3O2/c1-7-8(10(15)16)9(14(3)13-7)12-6-11(2)4-5-11/h12H,4-6H2,1-3H3,(H,15,16). The van der Waals surface area contributed by atoms with E-state index >= 15 is 0 Å². The maximum atomic E-state index is 11.1. The van der Waals surface area contributed by atoms with Crippen molar-refractivity contribution >= 4 is 11.8 Å². The number of rotatable bonds is 4. The Bertz CT molecular complexity index is 433. The zero-order chi connectivity index (χ0) is 11.9. The zero-order valence-electron chi connectivity index (χ0n) is 9.87. The highest BCUT2D eigenvalue weighted by Crippen LogP contribution is 2.44. The number of anilines is 1. The summed E-state index contributed by atoms with van der Waals surface area (Å²) < 4.78 is 1.60. The molecule has 0 spiro atoms. The molecule has 0 radical (unpaired) electrons. The van der Waals surface area contributed by atoms with Gasteiger partial charge in [-0.05, 0) is 25.2 Å². The van der Waals surface area contributed by atoms with E-state index in [4.69, 9.17) is 5.11 Å². The Morgan fingerprint density at radius 1 is 1.62 bits per heavy atom. The Morgan fingerprint density at radius 3 is 2.75 bits per heavy atom. The van der Waals surface area contributed by atoms with Crippen LogP contribution in [0.4, 0.5) is 5.82 Å². The van der Waals surface area contributed by atoms with Gasteiger partial charge in [0.15, 0.2) is 0 Å². The first-order valence-corrected chi connectivity index (χ1v) is 5.44. The van der Waals surface area contributed by atoms with Crippen LogP contribution in [-0.4, -0.2) is 27.4 Å². The summed E-state index contributed by atoms with van der Waals surface area (Å²) in [7, 11) is 1.76. The van der Waals surface area contributed by atoms with Crippen molar-refractivity contribution in [2.45, 2.75) is 26.7 Å². The van der Waals surface area contributed by atoms with Gasteiger partial charge in [-0.15, -0.1) is 0 Å². The number of hydrogen-bond acceptors (Lipinski definition) is 3. The maximum Gasteiger partial charge on any atom is 0.341 e. The van der Waals surface area contributed by atoms with Crippen LogP contribution in [0, 0.1) is 12.3 Å². The van der Waals surface area contributed by atoms with Crippen LogP contribution in [0.25, 0.3) is 0 Å². The van der Waals surface area contributed by atoms with E-state index in [-0.39, 0.29) is 5.56 Å². The minimum Gasteiger partial charge on any atom is -0.477 e. The second-order valence-corrected chi connectivity index (χ2v) is 4.90. The second kappa shape index (κ2) is 3.50. The van der Waals surface area contributed by atoms with Gasteiger partial charge in [0.25, 0.3) is 0 Å². The average Bonchev–Trinajstić information content (AvgIpc) is 2.82. The topological polar surface area (TPSA) is 67.2 Å². The minimum atomic E-state index is -0.922. The molecule has 88 valence electrons. The van der Waals surface area contributed by atoms with E-state index in [2.05, 4.69) is 17.3 Å². The average molecular weight is 223 g/mol. The fourth-order valence-electron chi connectivity index (χ4n) is 1.80. The molecule has 0 aliphatic heterocycles. The number of carboxylic acid groups (broad SMARTS) is 1. The first kappa shape index (κ1) is 11.0. The largest absolute Gasteiger partial charge is 0.477 e. The number of hydrogen-bond donors (Lipinski definition) is 2. The summed E-state index contributed by atoms with van der Waals surface area (Å²) in [4.78, 5) is 11.1. The third-order valence-corrected chi connectivity index (χ3v) is 3.22. The fourth-order valence-corrected chi connectivity index (χ4v) is 1.80. The third-order valence-electron chi connectivity index (χ3n) is 3.22. The molecule has 1 fully saturated rings. The van der Waals surface area contributed by atoms with E-state index < -0.39 is 5.97 Å². The minimum absolute atomic E-state index is 0.284. The highest BCUT2D eigenvalue weighted by Gasteiger charge is 2.37. The van der Waals surface area contributed by atoms with Gasteiger partial charge in [-0.3, -0.25) is 4.68 Å². The first-order valence-electron chi connectivity index (χ1n) is 5.44. The lowest BCUT2D eigenvalue weighted by Crippen LogP contribution is -2.16. The molecular weight excluding hydrogens is 206 g/mol. The fraction of sp³-hybridized carbons (Fsp3) is 0.636. The second-order valence-electron chi connectivity index (χ2n) is 4.90. The van der Waals surface area contributed by atoms with Crippen LogP contribution in [0.1, 0.15) is 35.8 Å². The lowest BCUT2D eigenvalue weighted by Gasteiger charge is -2.12. The molecule has 0 bridgehead atoms. The van der Waals surface area contributed by atoms with E-state index in [9.17, 15) is 4.79 Å². The number of nitrogens with zero attached hydrogens (tertiary/aromatic N) is 2. The predicted molar refractivity (Wildman–Crippen MR) is 60.7 cm³/mol. The van der Waals surface area contributed by atoms with Gasteiger partial charge in [0.05, 0.1) is 5.69 Å². The van der Waals surface area contributed by atoms with Crippen molar-refractivity contribution in [3.8, 4) is 0 Å². The Labute approximate surface area is 94.5 Å². The lowest BCUT2D eigenvalue weighted by atomic mass is 10.1. The smallest absolute Gasteiger partial charge is 0.341 e. The van der Waals surface area contributed by atoms with Crippen LogP contribution >= 0.6 is 0 Å². The number of aryl methyl sites for hydroxylation is 2. The molecule has 2 rings (SSSR count). The maximum absolute atomic E-state index is 11.1. The summed E-state index contributed by atoms with van der Waals surface area (Å²) in [5, 5.41) is 16.4. The summed E-state index contributed by atoms with van der Waals surface area (Å²) in [5.41, 5.74) is 1.18. The van der Waals surface area contributed by atoms with Crippen LogP contribution < -0.4 is 5.32 Å². The molecule has 5 heteroatoms. The van der Waals surface area contributed by atoms with Gasteiger partial charge < -0.3 is 10.4 Å². The number of carbonyl (C=O) groups is 1. The van der Waals surface area contributed by atoms with Crippen molar-refractivity contribution in [1.82, 2.24) is 9.78 Å². The summed E-state index contributed by atoms with van der Waals surface area (Å²) in [6, 6.07) is 0. The van der Waals surface area contributed by atoms with Crippen molar-refractivity contribution < 1.29 is 9.90 Å². The molecule has 0 amide bonds. The molecule has 0 unspecified atom stereocenters. The van der Waals surface area contributed by atoms with Crippen molar-refractivity contribution in [3.05, 3.63) is 11.3 Å². The van der Waals surface area contributed by atoms with Gasteiger partial charge in [0.1, 0.15) is 11.4 Å². The van der Waals surface area contributed by atoms with Crippen LogP contribution in [0.15, 0.2) is 0 Å². The Balaban J connectivity index is 2.21. The van der Waals surface area contributed by atoms with Crippen molar-refractivity contribution in [2.24, 2.45) is 12.5 Å². The van der Waals surface area contributed by atoms with E-state index in [1.165, 1.54) is 12.8 Å². The van der Waals surface area contributed by atoms with Crippen molar-refractivity contribution in [1.29, 1.82) is 0 Å². The molecule has 1 aromatic heterocycles. The summed E-state index contributed by atoms with van der Waals surface area (Å²) >= 11 is 0. The number of aromatic nitrogens is 2. The molecular formula is C11H17N3O2. The number of aromatic carboxylic acids is 1. The highest BCUT2D eigenvalue weighted by atomic mass is 16.4. The molecule has 1 aliphatic carbocycles. The van der Waals surface area contributed by atoms with E-state index in [1.54, 1.807) is 18.7 Å². The van der Waals surface area contributed by atoms with Gasteiger partial charge in [-0.1, -0.05) is 6.92 Å². The van der Waals surface area contributed by atoms with Crippen LogP contribution in [0.2, 0.25) is 0 Å². The number of nitrogens with one attached hydrogen (secondary N) is 1. The van der Waals surface area contributed by atoms with E-state index in [0.29, 0.717) is 16.9 Å². The molecule has 1 aliphatic rings. The lowest BCUT2D eigenvalue weighted by molar-refractivity contribution is 0.0697. The molecule has 0 atom stereocenters. The Hall–Kier alpha value is -1.52. The zero-order valence-corrected chi connectivity index (χ0v) is 9.87. The summed E-state index contributed by atoms with van der Waals surface area (Å²) in [6.07, 6.45) is 2.42. The summed E-state index contributed by atoms with van der Waals surface area (Å²) in [5.74, 6) is -0.313. The third kappa shape index (κ3) is 1.89. The van der Waals surface area contributed by atoms with Gasteiger partial charge in [-0.2, -0.15) is 5.10 Å². The predicted octanol–water partition coefficient (Wildman–Crippen LogP) is 1.64. The number of carboxylic acids is 1. The molecule has 0 saturated heterocycles. The molecule has 5 nitrogen and oxygen atoms in total. The van der Waals surface area contributed by atoms with Gasteiger partial charge >= 0.3 is 5.97 Å². The highest BCUT2D eigenvalue weighted by molar-refractivity contribution is 5.94. The molecule has 16 heavy (non-hydrogen) atoms. The van der Waals surface area contributed by atoms with Gasteiger partial charge in [-0.25, -0.2) is 4.79 Å². The quantitative estimate of drug-likeness (QED) is 0.814. The molecule has 1 aromatic rings. The Morgan fingerprint density at radius 2 is 2.25 bits per heavy atom. The Kier molecular flexibility index (Phi) is 2.40. The van der Waals surface area contributed by atoms with Crippen molar-refractivity contribution in [3.63, 3.8) is 0 Å². The van der Waals surface area contributed by atoms with Crippen LogP contribution in [-0.2, 0) is 7.05 Å².